The lowest BCUT2D eigenvalue weighted by molar-refractivity contribution is 0.135. The largest absolute Gasteiger partial charge is 0.390 e. The minimum atomic E-state index is -3.61. The quantitative estimate of drug-likeness (QED) is 0.587. The third kappa shape index (κ3) is 5.73. The summed E-state index contributed by atoms with van der Waals surface area (Å²) < 4.78 is 26.7. The highest BCUT2D eigenvalue weighted by Gasteiger charge is 2.29. The zero-order chi connectivity index (χ0) is 21.9. The molecule has 2 aromatic rings. The maximum atomic E-state index is 12.8. The summed E-state index contributed by atoms with van der Waals surface area (Å²) in [6.07, 6.45) is 2.42. The topological polar surface area (TPSA) is 69.6 Å². The Balaban J connectivity index is 1.50. The molecule has 30 heavy (non-hydrogen) atoms. The number of aliphatic hydroxyl groups is 1. The van der Waals surface area contributed by atoms with Gasteiger partial charge in [0.2, 0.25) is 10.0 Å². The second-order valence-electron chi connectivity index (χ2n) is 9.27. The molecule has 1 aliphatic rings. The zero-order valence-corrected chi connectivity index (χ0v) is 19.2. The third-order valence-electron chi connectivity index (χ3n) is 5.92. The van der Waals surface area contributed by atoms with E-state index in [9.17, 15) is 13.5 Å². The molecule has 0 aliphatic heterocycles. The predicted molar refractivity (Wildman–Crippen MR) is 124 cm³/mol. The summed E-state index contributed by atoms with van der Waals surface area (Å²) >= 11 is 0. The maximum absolute atomic E-state index is 12.8. The Hall–Kier alpha value is -1.67. The number of β-amino-alcohol motifs (C(OH)–C–C–N with tert-alkyl or cyclic N) is 1. The lowest BCUT2D eigenvalue weighted by Gasteiger charge is -2.31. The van der Waals surface area contributed by atoms with Gasteiger partial charge in [-0.2, -0.15) is 4.31 Å². The number of hydrogen-bond acceptors (Lipinski definition) is 4. The molecule has 0 bridgehead atoms. The van der Waals surface area contributed by atoms with Crippen molar-refractivity contribution in [2.24, 2.45) is 5.92 Å². The first-order chi connectivity index (χ1) is 14.1. The molecule has 5 nitrogen and oxygen atoms in total. The molecule has 7 heteroatoms. The predicted octanol–water partition coefficient (Wildman–Crippen LogP) is 1.10. The number of rotatable bonds is 9. The molecule has 1 aliphatic carbocycles. The monoisotopic (exact) mass is 428 g/mol. The number of likely N-dealkylation sites (N-methyl/N-ethyl adjacent to an activating group) is 1. The SMILES string of the molecule is Bc1cccc(S(=O)(=O)N(C)CC(O)CNC(C)(C)CC2Cc3ccccc3C2)c1. The summed E-state index contributed by atoms with van der Waals surface area (Å²) in [5.74, 6) is 0.589. The Kier molecular flexibility index (Phi) is 7.07. The van der Waals surface area contributed by atoms with Crippen molar-refractivity contribution in [1.82, 2.24) is 9.62 Å². The smallest absolute Gasteiger partial charge is 0.242 e. The molecule has 2 aromatic carbocycles. The normalized spacial score (nSPS) is 16.0. The van der Waals surface area contributed by atoms with Crippen molar-refractivity contribution in [1.29, 1.82) is 0 Å². The minimum Gasteiger partial charge on any atom is -0.390 e. The lowest BCUT2D eigenvalue weighted by Crippen LogP contribution is -2.47. The Bertz CT molecular complexity index is 953. The van der Waals surface area contributed by atoms with Gasteiger partial charge >= 0.3 is 0 Å². The summed E-state index contributed by atoms with van der Waals surface area (Å²) in [5.41, 5.74) is 3.65. The first-order valence-electron chi connectivity index (χ1n) is 10.6. The molecule has 1 unspecified atom stereocenters. The van der Waals surface area contributed by atoms with Gasteiger partial charge in [0.25, 0.3) is 0 Å². The van der Waals surface area contributed by atoms with Crippen molar-refractivity contribution in [2.45, 2.75) is 49.6 Å². The van der Waals surface area contributed by atoms with E-state index in [2.05, 4.69) is 43.4 Å². The fourth-order valence-corrected chi connectivity index (χ4v) is 5.71. The molecular formula is C23H33BN2O3S. The van der Waals surface area contributed by atoms with E-state index in [0.717, 1.165) is 24.7 Å². The van der Waals surface area contributed by atoms with Crippen LogP contribution in [-0.2, 0) is 22.9 Å². The van der Waals surface area contributed by atoms with Gasteiger partial charge in [-0.25, -0.2) is 8.42 Å². The van der Waals surface area contributed by atoms with E-state index in [1.54, 1.807) is 18.2 Å². The van der Waals surface area contributed by atoms with E-state index < -0.39 is 16.1 Å². The number of nitrogens with zero attached hydrogens (tertiary/aromatic N) is 1. The number of aliphatic hydroxyl groups excluding tert-OH is 1. The molecule has 1 atom stereocenters. The van der Waals surface area contributed by atoms with Crippen LogP contribution in [0.4, 0.5) is 0 Å². The number of sulfonamides is 1. The van der Waals surface area contributed by atoms with Crippen LogP contribution in [0.2, 0.25) is 0 Å². The first kappa shape index (κ1) is 23.0. The second-order valence-corrected chi connectivity index (χ2v) is 11.3. The number of benzene rings is 2. The molecule has 0 spiro atoms. The highest BCUT2D eigenvalue weighted by molar-refractivity contribution is 7.89. The fraction of sp³-hybridized carbons (Fsp3) is 0.478. The molecule has 0 fully saturated rings. The molecule has 162 valence electrons. The summed E-state index contributed by atoms with van der Waals surface area (Å²) in [6.45, 7) is 4.69. The van der Waals surface area contributed by atoms with Crippen LogP contribution in [0.25, 0.3) is 0 Å². The zero-order valence-electron chi connectivity index (χ0n) is 18.4. The number of hydrogen-bond donors (Lipinski definition) is 2. The molecule has 0 heterocycles. The summed E-state index contributed by atoms with van der Waals surface area (Å²) in [4.78, 5) is 0.256. The van der Waals surface area contributed by atoms with Gasteiger partial charge in [0, 0.05) is 25.7 Å². The van der Waals surface area contributed by atoms with E-state index in [1.165, 1.54) is 22.5 Å². The van der Waals surface area contributed by atoms with Gasteiger partial charge in [-0.05, 0) is 62.3 Å². The molecule has 0 amide bonds. The molecular weight excluding hydrogens is 395 g/mol. The lowest BCUT2D eigenvalue weighted by atomic mass is 9.88. The van der Waals surface area contributed by atoms with Crippen molar-refractivity contribution in [3.05, 3.63) is 59.7 Å². The van der Waals surface area contributed by atoms with E-state index in [-0.39, 0.29) is 17.0 Å². The van der Waals surface area contributed by atoms with Gasteiger partial charge in [-0.15, -0.1) is 0 Å². The minimum absolute atomic E-state index is 0.0498. The molecule has 3 rings (SSSR count). The highest BCUT2D eigenvalue weighted by Crippen LogP contribution is 2.31. The van der Waals surface area contributed by atoms with E-state index >= 15 is 0 Å². The molecule has 2 N–H and O–H groups in total. The fourth-order valence-electron chi connectivity index (χ4n) is 4.40. The van der Waals surface area contributed by atoms with Gasteiger partial charge in [0.15, 0.2) is 0 Å². The van der Waals surface area contributed by atoms with Crippen LogP contribution in [0.15, 0.2) is 53.4 Å². The average Bonchev–Trinajstić information content (AvgIpc) is 3.08. The molecule has 0 saturated heterocycles. The van der Waals surface area contributed by atoms with Gasteiger partial charge in [-0.1, -0.05) is 41.9 Å². The number of nitrogens with one attached hydrogen (secondary N) is 1. The molecule has 0 aromatic heterocycles. The van der Waals surface area contributed by atoms with E-state index in [4.69, 9.17) is 0 Å². The van der Waals surface area contributed by atoms with Crippen LogP contribution in [-0.4, -0.2) is 57.5 Å². The summed E-state index contributed by atoms with van der Waals surface area (Å²) in [6, 6.07) is 15.5. The average molecular weight is 428 g/mol. The van der Waals surface area contributed by atoms with Crippen molar-refractivity contribution in [3.8, 4) is 0 Å². The molecule has 0 radical (unpaired) electrons. The maximum Gasteiger partial charge on any atom is 0.242 e. The second kappa shape index (κ2) is 9.22. The van der Waals surface area contributed by atoms with E-state index in [0.29, 0.717) is 12.5 Å². The summed E-state index contributed by atoms with van der Waals surface area (Å²) in [7, 11) is -0.235. The van der Waals surface area contributed by atoms with Gasteiger partial charge in [0.1, 0.15) is 7.85 Å². The Labute approximate surface area is 182 Å². The van der Waals surface area contributed by atoms with Crippen LogP contribution < -0.4 is 10.8 Å². The summed E-state index contributed by atoms with van der Waals surface area (Å²) in [5, 5.41) is 13.9. The van der Waals surface area contributed by atoms with Crippen molar-refractivity contribution < 1.29 is 13.5 Å². The third-order valence-corrected chi connectivity index (χ3v) is 7.74. The van der Waals surface area contributed by atoms with Crippen molar-refractivity contribution in [3.63, 3.8) is 0 Å². The molecule has 0 saturated carbocycles. The van der Waals surface area contributed by atoms with Crippen LogP contribution >= 0.6 is 0 Å². The van der Waals surface area contributed by atoms with Gasteiger partial charge < -0.3 is 10.4 Å². The van der Waals surface area contributed by atoms with Gasteiger partial charge in [-0.3, -0.25) is 0 Å². The first-order valence-corrected chi connectivity index (χ1v) is 12.0. The highest BCUT2D eigenvalue weighted by atomic mass is 32.2. The van der Waals surface area contributed by atoms with Crippen LogP contribution in [0.5, 0.6) is 0 Å². The van der Waals surface area contributed by atoms with Crippen LogP contribution in [0.1, 0.15) is 31.4 Å². The van der Waals surface area contributed by atoms with Crippen LogP contribution in [0, 0.1) is 5.92 Å². The number of fused-ring (bicyclic) bond motifs is 1. The van der Waals surface area contributed by atoms with Crippen LogP contribution in [0.3, 0.4) is 0 Å². The van der Waals surface area contributed by atoms with Crippen molar-refractivity contribution >= 4 is 23.3 Å². The van der Waals surface area contributed by atoms with Crippen molar-refractivity contribution in [2.75, 3.05) is 20.1 Å². The Morgan fingerprint density at radius 1 is 1.17 bits per heavy atom. The standard InChI is InChI=1S/C23H33BN2O3S/c1-23(2,14-17-11-18-7-4-5-8-19(18)12-17)25-15-21(27)16-26(3)30(28,29)22-10-6-9-20(24)13-22/h4-10,13,17,21,25,27H,11-12,14-16,24H2,1-3H3. The van der Waals surface area contributed by atoms with Gasteiger partial charge in [0.05, 0.1) is 11.0 Å². The Morgan fingerprint density at radius 2 is 1.80 bits per heavy atom. The Morgan fingerprint density at radius 3 is 2.40 bits per heavy atom. The van der Waals surface area contributed by atoms with E-state index in [1.807, 2.05) is 13.9 Å².